The van der Waals surface area contributed by atoms with E-state index in [-0.39, 0.29) is 30.9 Å². The van der Waals surface area contributed by atoms with Crippen molar-refractivity contribution in [3.63, 3.8) is 0 Å². The van der Waals surface area contributed by atoms with E-state index in [9.17, 15) is 9.90 Å². The van der Waals surface area contributed by atoms with Crippen LogP contribution in [0.15, 0.2) is 54.6 Å². The maximum atomic E-state index is 12.0. The van der Waals surface area contributed by atoms with Crippen molar-refractivity contribution < 1.29 is 24.1 Å². The largest absolute Gasteiger partial charge is 0.508 e. The fourth-order valence-electron chi connectivity index (χ4n) is 3.28. The molecule has 1 N–H and O–H groups in total. The van der Waals surface area contributed by atoms with E-state index in [1.807, 2.05) is 42.5 Å². The first-order chi connectivity index (χ1) is 12.6. The third-order valence-electron chi connectivity index (χ3n) is 4.65. The molecule has 26 heavy (non-hydrogen) atoms. The monoisotopic (exact) mass is 350 g/mol. The van der Waals surface area contributed by atoms with Gasteiger partial charge in [0, 0.05) is 5.92 Å². The van der Waals surface area contributed by atoms with E-state index in [2.05, 4.69) is 0 Å². The predicted molar refractivity (Wildman–Crippen MR) is 96.7 cm³/mol. The zero-order valence-corrected chi connectivity index (χ0v) is 14.3. The number of hydrogen-bond donors (Lipinski definition) is 1. The van der Waals surface area contributed by atoms with Crippen LogP contribution in [-0.4, -0.2) is 25.0 Å². The Labute approximate surface area is 150 Å². The Morgan fingerprint density at radius 1 is 1.00 bits per heavy atom. The maximum absolute atomic E-state index is 12.0. The van der Waals surface area contributed by atoms with Gasteiger partial charge in [-0.1, -0.05) is 30.3 Å². The van der Waals surface area contributed by atoms with Gasteiger partial charge in [0.05, 0.1) is 13.5 Å². The second kappa shape index (κ2) is 6.59. The number of benzene rings is 3. The molecule has 5 nitrogen and oxygen atoms in total. The number of carbonyl (C=O) groups is 1. The smallest absolute Gasteiger partial charge is 0.306 e. The molecule has 1 aliphatic heterocycles. The lowest BCUT2D eigenvalue weighted by atomic mass is 9.87. The number of aromatic hydroxyl groups is 1. The second-order valence-corrected chi connectivity index (χ2v) is 6.24. The van der Waals surface area contributed by atoms with Gasteiger partial charge < -0.3 is 19.3 Å². The average molecular weight is 350 g/mol. The molecule has 3 aromatic carbocycles. The molecule has 1 unspecified atom stereocenters. The number of ether oxygens (including phenoxy) is 3. The highest BCUT2D eigenvalue weighted by molar-refractivity contribution is 5.85. The maximum Gasteiger partial charge on any atom is 0.306 e. The van der Waals surface area contributed by atoms with E-state index in [4.69, 9.17) is 14.2 Å². The molecular weight excluding hydrogens is 332 g/mol. The minimum absolute atomic E-state index is 0.191. The van der Waals surface area contributed by atoms with Gasteiger partial charge in [-0.05, 0) is 46.2 Å². The molecule has 0 aliphatic carbocycles. The van der Waals surface area contributed by atoms with E-state index >= 15 is 0 Å². The van der Waals surface area contributed by atoms with Gasteiger partial charge >= 0.3 is 5.97 Å². The molecule has 0 radical (unpaired) electrons. The van der Waals surface area contributed by atoms with Gasteiger partial charge in [-0.25, -0.2) is 0 Å². The van der Waals surface area contributed by atoms with Crippen LogP contribution in [0.2, 0.25) is 0 Å². The fraction of sp³-hybridized carbons (Fsp3) is 0.190. The summed E-state index contributed by atoms with van der Waals surface area (Å²) in [6.45, 7) is 0.204. The molecule has 1 heterocycles. The number of esters is 1. The van der Waals surface area contributed by atoms with E-state index in [0.717, 1.165) is 21.9 Å². The molecule has 0 spiro atoms. The normalized spacial score (nSPS) is 13.6. The van der Waals surface area contributed by atoms with Crippen LogP contribution in [0.4, 0.5) is 0 Å². The Balaban J connectivity index is 1.79. The summed E-state index contributed by atoms with van der Waals surface area (Å²) in [5.74, 6) is 1.11. The summed E-state index contributed by atoms with van der Waals surface area (Å²) in [4.78, 5) is 12.0. The van der Waals surface area contributed by atoms with Crippen molar-refractivity contribution in [2.24, 2.45) is 0 Å². The fourth-order valence-corrected chi connectivity index (χ4v) is 3.28. The highest BCUT2D eigenvalue weighted by Crippen LogP contribution is 2.38. The highest BCUT2D eigenvalue weighted by atomic mass is 16.7. The SMILES string of the molecule is COC(=O)CC(c1ccc2c(c1)OCO2)c1ccc2ccc(O)cc2c1. The Kier molecular flexibility index (Phi) is 4.13. The summed E-state index contributed by atoms with van der Waals surface area (Å²) >= 11 is 0. The second-order valence-electron chi connectivity index (χ2n) is 6.24. The van der Waals surface area contributed by atoms with Crippen molar-refractivity contribution in [2.45, 2.75) is 12.3 Å². The van der Waals surface area contributed by atoms with E-state index in [1.54, 1.807) is 12.1 Å². The lowest BCUT2D eigenvalue weighted by Crippen LogP contribution is -2.10. The summed E-state index contributed by atoms with van der Waals surface area (Å²) in [7, 11) is 1.39. The molecule has 0 amide bonds. The van der Waals surface area contributed by atoms with Gasteiger partial charge in [0.25, 0.3) is 0 Å². The van der Waals surface area contributed by atoms with Gasteiger partial charge in [-0.2, -0.15) is 0 Å². The van der Waals surface area contributed by atoms with Gasteiger partial charge in [0.1, 0.15) is 5.75 Å². The molecule has 3 aromatic rings. The Morgan fingerprint density at radius 3 is 2.58 bits per heavy atom. The Hall–Kier alpha value is -3.21. The summed E-state index contributed by atoms with van der Waals surface area (Å²) in [5.41, 5.74) is 1.91. The first-order valence-electron chi connectivity index (χ1n) is 8.33. The Morgan fingerprint density at radius 2 is 1.73 bits per heavy atom. The standard InChI is InChI=1S/C21H18O5/c1-24-21(23)11-18(15-5-7-19-20(10-15)26-12-25-19)14-3-2-13-4-6-17(22)9-16(13)8-14/h2-10,18,22H,11-12H2,1H3. The summed E-state index contributed by atoms with van der Waals surface area (Å²) in [6.07, 6.45) is 0.209. The average Bonchev–Trinajstić information content (AvgIpc) is 3.13. The molecule has 1 atom stereocenters. The van der Waals surface area contributed by atoms with Crippen molar-refractivity contribution in [2.75, 3.05) is 13.9 Å². The Bertz CT molecular complexity index is 979. The number of phenolic OH excluding ortho intramolecular Hbond substituents is 1. The van der Waals surface area contributed by atoms with Crippen molar-refractivity contribution in [3.8, 4) is 17.2 Å². The third kappa shape index (κ3) is 3.04. The topological polar surface area (TPSA) is 65.0 Å². The zero-order valence-electron chi connectivity index (χ0n) is 14.3. The van der Waals surface area contributed by atoms with Crippen molar-refractivity contribution in [1.82, 2.24) is 0 Å². The van der Waals surface area contributed by atoms with Gasteiger partial charge in [-0.3, -0.25) is 4.79 Å². The van der Waals surface area contributed by atoms with Crippen LogP contribution in [0, 0.1) is 0 Å². The number of hydrogen-bond acceptors (Lipinski definition) is 5. The molecule has 4 rings (SSSR count). The number of rotatable bonds is 4. The number of carbonyl (C=O) groups excluding carboxylic acids is 1. The van der Waals surface area contributed by atoms with Crippen molar-refractivity contribution in [1.29, 1.82) is 0 Å². The van der Waals surface area contributed by atoms with Gasteiger partial charge in [-0.15, -0.1) is 0 Å². The highest BCUT2D eigenvalue weighted by Gasteiger charge is 2.22. The molecule has 0 aromatic heterocycles. The van der Waals surface area contributed by atoms with Crippen LogP contribution in [0.5, 0.6) is 17.2 Å². The quantitative estimate of drug-likeness (QED) is 0.721. The molecule has 0 fully saturated rings. The van der Waals surface area contributed by atoms with E-state index < -0.39 is 0 Å². The van der Waals surface area contributed by atoms with Crippen molar-refractivity contribution in [3.05, 3.63) is 65.7 Å². The molecular formula is C21H18O5. The first-order valence-corrected chi connectivity index (χ1v) is 8.33. The molecule has 0 bridgehead atoms. The zero-order chi connectivity index (χ0) is 18.1. The molecule has 0 saturated carbocycles. The minimum atomic E-state index is -0.288. The van der Waals surface area contributed by atoms with Crippen LogP contribution >= 0.6 is 0 Å². The molecule has 1 aliphatic rings. The van der Waals surface area contributed by atoms with Crippen molar-refractivity contribution >= 4 is 16.7 Å². The molecule has 132 valence electrons. The minimum Gasteiger partial charge on any atom is -0.508 e. The van der Waals surface area contributed by atoms with Crippen LogP contribution in [0.1, 0.15) is 23.5 Å². The third-order valence-corrected chi connectivity index (χ3v) is 4.65. The van der Waals surface area contributed by atoms with Gasteiger partial charge in [0.15, 0.2) is 11.5 Å². The van der Waals surface area contributed by atoms with E-state index in [0.29, 0.717) is 11.5 Å². The predicted octanol–water partition coefficient (Wildman–Crippen LogP) is 3.97. The lowest BCUT2D eigenvalue weighted by Gasteiger charge is -2.18. The van der Waals surface area contributed by atoms with Crippen LogP contribution < -0.4 is 9.47 Å². The van der Waals surface area contributed by atoms with Crippen LogP contribution in [0.25, 0.3) is 10.8 Å². The van der Waals surface area contributed by atoms with Gasteiger partial charge in [0.2, 0.25) is 6.79 Å². The van der Waals surface area contributed by atoms with Crippen LogP contribution in [0.3, 0.4) is 0 Å². The molecule has 5 heteroatoms. The summed E-state index contributed by atoms with van der Waals surface area (Å²) in [6, 6.07) is 16.9. The lowest BCUT2D eigenvalue weighted by molar-refractivity contribution is -0.140. The summed E-state index contributed by atoms with van der Waals surface area (Å²) in [5, 5.41) is 11.7. The van der Waals surface area contributed by atoms with Crippen LogP contribution in [-0.2, 0) is 9.53 Å². The number of methoxy groups -OCH3 is 1. The first kappa shape index (κ1) is 16.3. The molecule has 0 saturated heterocycles. The summed E-state index contributed by atoms with van der Waals surface area (Å²) < 4.78 is 15.7. The number of fused-ring (bicyclic) bond motifs is 2. The number of phenols is 1. The van der Waals surface area contributed by atoms with E-state index in [1.165, 1.54) is 7.11 Å².